The SMILES string of the molecule is CCC1=C(C)CN(CCOc2ccc(CC(NC(C)C)C(N)=O)cc2)C1=O. The normalized spacial score (nSPS) is 15.6. The molecular weight excluding hydrogens is 342 g/mol. The minimum atomic E-state index is -0.388. The van der Waals surface area contributed by atoms with E-state index in [0.717, 1.165) is 28.9 Å². The Kier molecular flexibility index (Phi) is 7.42. The number of primary amides is 1. The van der Waals surface area contributed by atoms with E-state index in [0.29, 0.717) is 26.1 Å². The van der Waals surface area contributed by atoms with Gasteiger partial charge in [0.15, 0.2) is 0 Å². The second kappa shape index (κ2) is 9.55. The van der Waals surface area contributed by atoms with Gasteiger partial charge >= 0.3 is 0 Å². The number of amides is 2. The van der Waals surface area contributed by atoms with Gasteiger partial charge in [-0.2, -0.15) is 0 Å². The fraction of sp³-hybridized carbons (Fsp3) is 0.524. The number of nitrogens with one attached hydrogen (secondary N) is 1. The topological polar surface area (TPSA) is 84.7 Å². The Balaban J connectivity index is 1.82. The Morgan fingerprint density at radius 1 is 1.30 bits per heavy atom. The van der Waals surface area contributed by atoms with Crippen LogP contribution >= 0.6 is 0 Å². The summed E-state index contributed by atoms with van der Waals surface area (Å²) in [4.78, 5) is 25.6. The highest BCUT2D eigenvalue weighted by Gasteiger charge is 2.26. The molecule has 2 amide bonds. The van der Waals surface area contributed by atoms with Crippen LogP contribution in [0.15, 0.2) is 35.4 Å². The van der Waals surface area contributed by atoms with Gasteiger partial charge in [-0.25, -0.2) is 0 Å². The largest absolute Gasteiger partial charge is 0.492 e. The van der Waals surface area contributed by atoms with Crippen molar-refractivity contribution in [2.75, 3.05) is 19.7 Å². The third-order valence-corrected chi connectivity index (χ3v) is 4.71. The van der Waals surface area contributed by atoms with Crippen LogP contribution < -0.4 is 15.8 Å². The predicted octanol–water partition coefficient (Wildman–Crippen LogP) is 2.03. The molecule has 0 aliphatic carbocycles. The quantitative estimate of drug-likeness (QED) is 0.657. The van der Waals surface area contributed by atoms with Crippen LogP contribution in [-0.2, 0) is 16.0 Å². The lowest BCUT2D eigenvalue weighted by molar-refractivity contribution is -0.126. The van der Waals surface area contributed by atoms with Crippen molar-refractivity contribution < 1.29 is 14.3 Å². The van der Waals surface area contributed by atoms with E-state index in [1.807, 2.05) is 56.9 Å². The van der Waals surface area contributed by atoms with Crippen LogP contribution in [0.2, 0.25) is 0 Å². The molecule has 0 spiro atoms. The average molecular weight is 373 g/mol. The van der Waals surface area contributed by atoms with Crippen LogP contribution in [0, 0.1) is 0 Å². The van der Waals surface area contributed by atoms with Crippen LogP contribution in [0.4, 0.5) is 0 Å². The molecule has 6 heteroatoms. The maximum atomic E-state index is 12.2. The summed E-state index contributed by atoms with van der Waals surface area (Å²) in [5, 5.41) is 3.18. The molecule has 27 heavy (non-hydrogen) atoms. The number of carbonyl (C=O) groups is 2. The Morgan fingerprint density at radius 2 is 1.96 bits per heavy atom. The van der Waals surface area contributed by atoms with Crippen molar-refractivity contribution in [3.8, 4) is 5.75 Å². The first-order valence-corrected chi connectivity index (χ1v) is 9.56. The fourth-order valence-electron chi connectivity index (χ4n) is 3.34. The maximum Gasteiger partial charge on any atom is 0.250 e. The first kappa shape index (κ1) is 21.0. The number of benzene rings is 1. The summed E-state index contributed by atoms with van der Waals surface area (Å²) in [5.41, 5.74) is 8.57. The first-order chi connectivity index (χ1) is 12.8. The van der Waals surface area contributed by atoms with Crippen LogP contribution in [0.3, 0.4) is 0 Å². The first-order valence-electron chi connectivity index (χ1n) is 9.56. The summed E-state index contributed by atoms with van der Waals surface area (Å²) in [5.74, 6) is 0.525. The lowest BCUT2D eigenvalue weighted by Crippen LogP contribution is -2.45. The third-order valence-electron chi connectivity index (χ3n) is 4.71. The van der Waals surface area contributed by atoms with Crippen molar-refractivity contribution >= 4 is 11.8 Å². The molecule has 0 saturated carbocycles. The molecule has 1 unspecified atom stereocenters. The zero-order chi connectivity index (χ0) is 20.0. The zero-order valence-electron chi connectivity index (χ0n) is 16.7. The highest BCUT2D eigenvalue weighted by Crippen LogP contribution is 2.21. The number of ether oxygens (including phenoxy) is 1. The van der Waals surface area contributed by atoms with Gasteiger partial charge in [-0.3, -0.25) is 9.59 Å². The Bertz CT molecular complexity index is 695. The van der Waals surface area contributed by atoms with Gasteiger partial charge in [0, 0.05) is 18.2 Å². The van der Waals surface area contributed by atoms with Gasteiger partial charge in [0.05, 0.1) is 12.6 Å². The minimum Gasteiger partial charge on any atom is -0.492 e. The zero-order valence-corrected chi connectivity index (χ0v) is 16.7. The van der Waals surface area contributed by atoms with Crippen molar-refractivity contribution in [3.63, 3.8) is 0 Å². The number of rotatable bonds is 10. The van der Waals surface area contributed by atoms with Gasteiger partial charge in [0.25, 0.3) is 0 Å². The molecule has 1 aliphatic heterocycles. The number of hydrogen-bond acceptors (Lipinski definition) is 4. The standard InChI is InChI=1S/C21H31N3O3/c1-5-18-15(4)13-24(21(18)26)10-11-27-17-8-6-16(7-9-17)12-19(20(22)25)23-14(2)3/h6-9,14,19,23H,5,10-13H2,1-4H3,(H2,22,25). The average Bonchev–Trinajstić information content (AvgIpc) is 2.88. The summed E-state index contributed by atoms with van der Waals surface area (Å²) in [6.07, 6.45) is 1.32. The summed E-state index contributed by atoms with van der Waals surface area (Å²) < 4.78 is 5.77. The Morgan fingerprint density at radius 3 is 2.48 bits per heavy atom. The fourth-order valence-corrected chi connectivity index (χ4v) is 3.34. The van der Waals surface area contributed by atoms with Crippen molar-refractivity contribution in [2.24, 2.45) is 5.73 Å². The van der Waals surface area contributed by atoms with Crippen molar-refractivity contribution in [2.45, 2.75) is 52.6 Å². The third kappa shape index (κ3) is 5.82. The van der Waals surface area contributed by atoms with Gasteiger partial charge in [0.1, 0.15) is 12.4 Å². The van der Waals surface area contributed by atoms with Crippen LogP contribution in [-0.4, -0.2) is 48.5 Å². The molecule has 1 atom stereocenters. The van der Waals surface area contributed by atoms with Gasteiger partial charge in [-0.15, -0.1) is 0 Å². The van der Waals surface area contributed by atoms with Crippen LogP contribution in [0.25, 0.3) is 0 Å². The van der Waals surface area contributed by atoms with Gasteiger partial charge < -0.3 is 20.7 Å². The van der Waals surface area contributed by atoms with Crippen molar-refractivity contribution in [3.05, 3.63) is 41.0 Å². The molecule has 148 valence electrons. The van der Waals surface area contributed by atoms with Gasteiger partial charge in [-0.05, 0) is 43.0 Å². The monoisotopic (exact) mass is 373 g/mol. The van der Waals surface area contributed by atoms with E-state index in [1.54, 1.807) is 0 Å². The van der Waals surface area contributed by atoms with Gasteiger partial charge in [-0.1, -0.05) is 32.9 Å². The molecule has 3 N–H and O–H groups in total. The molecule has 6 nitrogen and oxygen atoms in total. The van der Waals surface area contributed by atoms with Gasteiger partial charge in [0.2, 0.25) is 11.8 Å². The molecule has 0 fully saturated rings. The van der Waals surface area contributed by atoms with Crippen molar-refractivity contribution in [1.82, 2.24) is 10.2 Å². The molecule has 1 aromatic rings. The smallest absolute Gasteiger partial charge is 0.250 e. The summed E-state index contributed by atoms with van der Waals surface area (Å²) >= 11 is 0. The second-order valence-corrected chi connectivity index (χ2v) is 7.31. The highest BCUT2D eigenvalue weighted by atomic mass is 16.5. The summed E-state index contributed by atoms with van der Waals surface area (Å²) in [7, 11) is 0. The van der Waals surface area contributed by atoms with E-state index in [4.69, 9.17) is 10.5 Å². The van der Waals surface area contributed by atoms with E-state index in [2.05, 4.69) is 5.32 Å². The molecule has 0 radical (unpaired) electrons. The summed E-state index contributed by atoms with van der Waals surface area (Å²) in [6.45, 7) is 9.72. The minimum absolute atomic E-state index is 0.129. The molecule has 0 saturated heterocycles. The number of nitrogens with zero attached hydrogens (tertiary/aromatic N) is 1. The predicted molar refractivity (Wildman–Crippen MR) is 106 cm³/mol. The number of nitrogens with two attached hydrogens (primary N) is 1. The number of carbonyl (C=O) groups excluding carboxylic acids is 2. The Labute approximate surface area is 161 Å². The lowest BCUT2D eigenvalue weighted by atomic mass is 10.0. The molecular formula is C21H31N3O3. The Hall–Kier alpha value is -2.34. The molecule has 2 rings (SSSR count). The van der Waals surface area contributed by atoms with E-state index < -0.39 is 0 Å². The molecule has 1 heterocycles. The van der Waals surface area contributed by atoms with E-state index >= 15 is 0 Å². The molecule has 0 bridgehead atoms. The van der Waals surface area contributed by atoms with Crippen LogP contribution in [0.5, 0.6) is 5.75 Å². The van der Waals surface area contributed by atoms with E-state index in [1.165, 1.54) is 0 Å². The molecule has 1 aromatic carbocycles. The second-order valence-electron chi connectivity index (χ2n) is 7.31. The molecule has 1 aliphatic rings. The van der Waals surface area contributed by atoms with Crippen LogP contribution in [0.1, 0.15) is 39.7 Å². The highest BCUT2D eigenvalue weighted by molar-refractivity contribution is 5.96. The molecule has 0 aromatic heterocycles. The summed E-state index contributed by atoms with van der Waals surface area (Å²) in [6, 6.07) is 7.45. The maximum absolute atomic E-state index is 12.2. The lowest BCUT2D eigenvalue weighted by Gasteiger charge is -2.19. The van der Waals surface area contributed by atoms with E-state index in [-0.39, 0.29) is 23.9 Å². The van der Waals surface area contributed by atoms with Crippen molar-refractivity contribution in [1.29, 1.82) is 0 Å². The van der Waals surface area contributed by atoms with E-state index in [9.17, 15) is 9.59 Å². The number of hydrogen-bond donors (Lipinski definition) is 2.